The van der Waals surface area contributed by atoms with Crippen LogP contribution in [0.3, 0.4) is 0 Å². The van der Waals surface area contributed by atoms with Gasteiger partial charge in [-0.3, -0.25) is 4.79 Å². The maximum atomic E-state index is 11.8. The van der Waals surface area contributed by atoms with Gasteiger partial charge < -0.3 is 4.74 Å². The molecule has 0 spiro atoms. The van der Waals surface area contributed by atoms with Crippen molar-refractivity contribution in [3.05, 3.63) is 35.9 Å². The topological polar surface area (TPSA) is 26.3 Å². The Kier molecular flexibility index (Phi) is 5.05. The van der Waals surface area contributed by atoms with Gasteiger partial charge in [-0.05, 0) is 18.9 Å². The molecule has 0 aliphatic rings. The van der Waals surface area contributed by atoms with E-state index in [9.17, 15) is 4.79 Å². The van der Waals surface area contributed by atoms with E-state index in [0.29, 0.717) is 6.61 Å². The third kappa shape index (κ3) is 3.48. The lowest BCUT2D eigenvalue weighted by Crippen LogP contribution is -2.17. The van der Waals surface area contributed by atoms with Gasteiger partial charge in [-0.2, -0.15) is 0 Å². The van der Waals surface area contributed by atoms with Gasteiger partial charge in [0.1, 0.15) is 6.61 Å². The Bertz CT molecular complexity index is 293. The highest BCUT2D eigenvalue weighted by Crippen LogP contribution is 2.20. The van der Waals surface area contributed by atoms with E-state index in [1.165, 1.54) is 0 Å². The molecule has 0 saturated carbocycles. The van der Waals surface area contributed by atoms with Crippen molar-refractivity contribution < 1.29 is 9.53 Å². The smallest absolute Gasteiger partial charge is 0.165 e. The SMILES string of the molecule is CCOCC(=O)C(CC)c1ccccc1. The van der Waals surface area contributed by atoms with E-state index in [2.05, 4.69) is 0 Å². The third-order valence-electron chi connectivity index (χ3n) is 2.45. The first-order valence-electron chi connectivity index (χ1n) is 5.45. The third-order valence-corrected chi connectivity index (χ3v) is 2.45. The maximum absolute atomic E-state index is 11.8. The molecule has 82 valence electrons. The molecule has 0 N–H and O–H groups in total. The number of hydrogen-bond acceptors (Lipinski definition) is 2. The Hall–Kier alpha value is -1.15. The molecular formula is C13H18O2. The molecule has 15 heavy (non-hydrogen) atoms. The van der Waals surface area contributed by atoms with E-state index in [1.807, 2.05) is 44.2 Å². The Balaban J connectivity index is 2.67. The highest BCUT2D eigenvalue weighted by Gasteiger charge is 2.17. The van der Waals surface area contributed by atoms with Crippen molar-refractivity contribution >= 4 is 5.78 Å². The van der Waals surface area contributed by atoms with E-state index in [0.717, 1.165) is 12.0 Å². The fourth-order valence-electron chi connectivity index (χ4n) is 1.64. The molecule has 0 heterocycles. The lowest BCUT2D eigenvalue weighted by atomic mass is 9.93. The molecule has 0 fully saturated rings. The van der Waals surface area contributed by atoms with E-state index >= 15 is 0 Å². The van der Waals surface area contributed by atoms with Crippen molar-refractivity contribution in [2.45, 2.75) is 26.2 Å². The first-order chi connectivity index (χ1) is 7.29. The lowest BCUT2D eigenvalue weighted by Gasteiger charge is -2.13. The number of hydrogen-bond donors (Lipinski definition) is 0. The molecule has 0 amide bonds. The molecule has 2 nitrogen and oxygen atoms in total. The first-order valence-corrected chi connectivity index (χ1v) is 5.45. The molecule has 1 rings (SSSR count). The Morgan fingerprint density at radius 1 is 1.27 bits per heavy atom. The van der Waals surface area contributed by atoms with Gasteiger partial charge in [0.05, 0.1) is 0 Å². The number of carbonyl (C=O) groups excluding carboxylic acids is 1. The van der Waals surface area contributed by atoms with Gasteiger partial charge in [-0.1, -0.05) is 37.3 Å². The van der Waals surface area contributed by atoms with Crippen molar-refractivity contribution in [1.82, 2.24) is 0 Å². The van der Waals surface area contributed by atoms with Crippen molar-refractivity contribution in [2.24, 2.45) is 0 Å². The van der Waals surface area contributed by atoms with Crippen LogP contribution in [0.15, 0.2) is 30.3 Å². The summed E-state index contributed by atoms with van der Waals surface area (Å²) in [5.41, 5.74) is 1.09. The van der Waals surface area contributed by atoms with Crippen LogP contribution in [-0.4, -0.2) is 19.0 Å². The molecule has 1 atom stereocenters. The second kappa shape index (κ2) is 6.36. The summed E-state index contributed by atoms with van der Waals surface area (Å²) in [5, 5.41) is 0. The zero-order chi connectivity index (χ0) is 11.1. The molecule has 0 saturated heterocycles. The van der Waals surface area contributed by atoms with Gasteiger partial charge in [0, 0.05) is 12.5 Å². The van der Waals surface area contributed by atoms with Gasteiger partial charge in [0.2, 0.25) is 0 Å². The monoisotopic (exact) mass is 206 g/mol. The molecule has 0 aliphatic heterocycles. The Morgan fingerprint density at radius 2 is 1.93 bits per heavy atom. The van der Waals surface area contributed by atoms with Crippen molar-refractivity contribution in [3.63, 3.8) is 0 Å². The predicted octanol–water partition coefficient (Wildman–Crippen LogP) is 2.79. The summed E-state index contributed by atoms with van der Waals surface area (Å²) in [6, 6.07) is 9.89. The first kappa shape index (κ1) is 11.9. The molecule has 1 aromatic rings. The summed E-state index contributed by atoms with van der Waals surface area (Å²) in [7, 11) is 0. The van der Waals surface area contributed by atoms with Gasteiger partial charge in [0.25, 0.3) is 0 Å². The largest absolute Gasteiger partial charge is 0.374 e. The Morgan fingerprint density at radius 3 is 2.47 bits per heavy atom. The summed E-state index contributed by atoms with van der Waals surface area (Å²) in [6.07, 6.45) is 0.829. The minimum absolute atomic E-state index is 0.0160. The average molecular weight is 206 g/mol. The second-order valence-electron chi connectivity index (χ2n) is 3.47. The standard InChI is InChI=1S/C13H18O2/c1-3-12(13(14)10-15-4-2)11-8-6-5-7-9-11/h5-9,12H,3-4,10H2,1-2H3. The van der Waals surface area contributed by atoms with Crippen molar-refractivity contribution in [3.8, 4) is 0 Å². The van der Waals surface area contributed by atoms with E-state index < -0.39 is 0 Å². The van der Waals surface area contributed by atoms with Gasteiger partial charge in [0.15, 0.2) is 5.78 Å². The molecule has 1 unspecified atom stereocenters. The molecule has 2 heteroatoms. The van der Waals surface area contributed by atoms with Crippen molar-refractivity contribution in [2.75, 3.05) is 13.2 Å². The van der Waals surface area contributed by atoms with Crippen LogP contribution >= 0.6 is 0 Å². The van der Waals surface area contributed by atoms with E-state index in [-0.39, 0.29) is 18.3 Å². The van der Waals surface area contributed by atoms with Crippen LogP contribution in [0.1, 0.15) is 31.7 Å². The summed E-state index contributed by atoms with van der Waals surface area (Å²) in [6.45, 7) is 4.75. The Labute approximate surface area is 91.3 Å². The number of Topliss-reactive ketones (excluding diaryl/α,β-unsaturated/α-hetero) is 1. The van der Waals surface area contributed by atoms with Crippen LogP contribution in [0.5, 0.6) is 0 Å². The fourth-order valence-corrected chi connectivity index (χ4v) is 1.64. The second-order valence-corrected chi connectivity index (χ2v) is 3.47. The minimum Gasteiger partial charge on any atom is -0.374 e. The van der Waals surface area contributed by atoms with E-state index in [4.69, 9.17) is 4.74 Å². The van der Waals surface area contributed by atoms with Gasteiger partial charge in [-0.15, -0.1) is 0 Å². The number of ketones is 1. The zero-order valence-corrected chi connectivity index (χ0v) is 9.40. The van der Waals surface area contributed by atoms with Crippen LogP contribution in [-0.2, 0) is 9.53 Å². The zero-order valence-electron chi connectivity index (χ0n) is 9.40. The maximum Gasteiger partial charge on any atom is 0.165 e. The molecule has 1 aromatic carbocycles. The molecule has 0 aromatic heterocycles. The lowest BCUT2D eigenvalue weighted by molar-refractivity contribution is -0.125. The number of benzene rings is 1. The molecular weight excluding hydrogens is 188 g/mol. The molecule has 0 radical (unpaired) electrons. The van der Waals surface area contributed by atoms with Gasteiger partial charge >= 0.3 is 0 Å². The summed E-state index contributed by atoms with van der Waals surface area (Å²) >= 11 is 0. The fraction of sp³-hybridized carbons (Fsp3) is 0.462. The molecule has 0 aliphatic carbocycles. The van der Waals surface area contributed by atoms with Crippen LogP contribution in [0.4, 0.5) is 0 Å². The van der Waals surface area contributed by atoms with Crippen LogP contribution in [0.2, 0.25) is 0 Å². The highest BCUT2D eigenvalue weighted by molar-refractivity contribution is 5.86. The normalized spacial score (nSPS) is 12.4. The number of ether oxygens (including phenoxy) is 1. The summed E-state index contributed by atoms with van der Waals surface area (Å²) < 4.78 is 5.15. The van der Waals surface area contributed by atoms with Crippen LogP contribution in [0, 0.1) is 0 Å². The summed E-state index contributed by atoms with van der Waals surface area (Å²) in [5.74, 6) is 0.156. The van der Waals surface area contributed by atoms with E-state index in [1.54, 1.807) is 0 Å². The number of carbonyl (C=O) groups is 1. The van der Waals surface area contributed by atoms with Gasteiger partial charge in [-0.25, -0.2) is 0 Å². The quantitative estimate of drug-likeness (QED) is 0.715. The average Bonchev–Trinajstić information content (AvgIpc) is 2.29. The highest BCUT2D eigenvalue weighted by atomic mass is 16.5. The molecule has 0 bridgehead atoms. The predicted molar refractivity (Wildman–Crippen MR) is 61.0 cm³/mol. The van der Waals surface area contributed by atoms with Crippen molar-refractivity contribution in [1.29, 1.82) is 0 Å². The minimum atomic E-state index is -0.0160. The summed E-state index contributed by atoms with van der Waals surface area (Å²) in [4.78, 5) is 11.8. The van der Waals surface area contributed by atoms with Crippen LogP contribution in [0.25, 0.3) is 0 Å². The van der Waals surface area contributed by atoms with Crippen LogP contribution < -0.4 is 0 Å². The number of rotatable bonds is 6.